The van der Waals surface area contributed by atoms with Crippen LogP contribution in [-0.2, 0) is 4.74 Å². The summed E-state index contributed by atoms with van der Waals surface area (Å²) >= 11 is 0. The fourth-order valence-electron chi connectivity index (χ4n) is 4.05. The van der Waals surface area contributed by atoms with E-state index in [0.29, 0.717) is 13.2 Å². The standard InChI is InChI=1S/C22H25NO3/c1-21(2,25)22(11-12-22)14-23-20(24)26-13-19-17-9-5-3-7-15(17)16-8-4-6-10-18(16)19/h3-10,19,25H,11-14H2,1-2H3,(H,23,24). The van der Waals surface area contributed by atoms with Crippen LogP contribution in [0.25, 0.3) is 11.1 Å². The van der Waals surface area contributed by atoms with E-state index in [1.807, 2.05) is 24.3 Å². The van der Waals surface area contributed by atoms with Crippen LogP contribution < -0.4 is 5.32 Å². The zero-order valence-corrected chi connectivity index (χ0v) is 15.3. The Morgan fingerprint density at radius 2 is 1.65 bits per heavy atom. The van der Waals surface area contributed by atoms with Crippen molar-refractivity contribution in [2.75, 3.05) is 13.2 Å². The second-order valence-corrected chi connectivity index (χ2v) is 8.02. The van der Waals surface area contributed by atoms with Crippen molar-refractivity contribution in [2.24, 2.45) is 5.41 Å². The molecule has 2 aliphatic rings. The van der Waals surface area contributed by atoms with Crippen molar-refractivity contribution < 1.29 is 14.6 Å². The molecule has 1 amide bonds. The van der Waals surface area contributed by atoms with Crippen molar-refractivity contribution in [1.82, 2.24) is 5.32 Å². The topological polar surface area (TPSA) is 58.6 Å². The molecule has 2 aliphatic carbocycles. The molecule has 2 aromatic rings. The van der Waals surface area contributed by atoms with Gasteiger partial charge in [-0.2, -0.15) is 0 Å². The lowest BCUT2D eigenvalue weighted by molar-refractivity contribution is 0.00253. The fourth-order valence-corrected chi connectivity index (χ4v) is 4.05. The van der Waals surface area contributed by atoms with E-state index in [1.54, 1.807) is 13.8 Å². The first-order valence-corrected chi connectivity index (χ1v) is 9.23. The highest BCUT2D eigenvalue weighted by Gasteiger charge is 2.53. The SMILES string of the molecule is CC(C)(O)C1(CNC(=O)OCC2c3ccccc3-c3ccccc32)CC1. The molecule has 0 saturated heterocycles. The van der Waals surface area contributed by atoms with Gasteiger partial charge in [0.2, 0.25) is 0 Å². The van der Waals surface area contributed by atoms with E-state index in [9.17, 15) is 9.90 Å². The van der Waals surface area contributed by atoms with Crippen molar-refractivity contribution in [3.63, 3.8) is 0 Å². The Bertz CT molecular complexity index is 788. The van der Waals surface area contributed by atoms with Gasteiger partial charge in [0.25, 0.3) is 0 Å². The predicted octanol–water partition coefficient (Wildman–Crippen LogP) is 4.08. The van der Waals surface area contributed by atoms with Gasteiger partial charge in [0.15, 0.2) is 0 Å². The Morgan fingerprint density at radius 1 is 1.12 bits per heavy atom. The third-order valence-electron chi connectivity index (χ3n) is 6.07. The number of carbonyl (C=O) groups is 1. The van der Waals surface area contributed by atoms with Crippen LogP contribution >= 0.6 is 0 Å². The van der Waals surface area contributed by atoms with Gasteiger partial charge in [0.1, 0.15) is 6.61 Å². The highest BCUT2D eigenvalue weighted by molar-refractivity contribution is 5.79. The molecule has 2 N–H and O–H groups in total. The monoisotopic (exact) mass is 351 g/mol. The van der Waals surface area contributed by atoms with Gasteiger partial charge in [-0.25, -0.2) is 4.79 Å². The summed E-state index contributed by atoms with van der Waals surface area (Å²) in [5, 5.41) is 13.1. The number of ether oxygens (including phenoxy) is 1. The van der Waals surface area contributed by atoms with Crippen molar-refractivity contribution in [3.05, 3.63) is 59.7 Å². The molecule has 0 aliphatic heterocycles. The maximum atomic E-state index is 12.2. The summed E-state index contributed by atoms with van der Waals surface area (Å²) in [4.78, 5) is 12.2. The third kappa shape index (κ3) is 2.88. The van der Waals surface area contributed by atoms with Gasteiger partial charge < -0.3 is 15.2 Å². The van der Waals surface area contributed by atoms with E-state index in [4.69, 9.17) is 4.74 Å². The molecule has 0 radical (unpaired) electrons. The Hall–Kier alpha value is -2.33. The first kappa shape index (κ1) is 17.1. The number of alkyl carbamates (subject to hydrolysis) is 1. The number of aliphatic hydroxyl groups is 1. The first-order chi connectivity index (χ1) is 12.4. The van der Waals surface area contributed by atoms with Gasteiger partial charge in [-0.15, -0.1) is 0 Å². The van der Waals surface area contributed by atoms with Crippen LogP contribution in [0.5, 0.6) is 0 Å². The largest absolute Gasteiger partial charge is 0.449 e. The first-order valence-electron chi connectivity index (χ1n) is 9.23. The number of nitrogens with one attached hydrogen (secondary N) is 1. The molecule has 0 spiro atoms. The van der Waals surface area contributed by atoms with Crippen molar-refractivity contribution in [1.29, 1.82) is 0 Å². The maximum absolute atomic E-state index is 12.2. The number of amides is 1. The molecule has 4 rings (SSSR count). The molecule has 1 fully saturated rings. The van der Waals surface area contributed by atoms with Crippen LogP contribution in [0, 0.1) is 5.41 Å². The molecule has 2 aromatic carbocycles. The summed E-state index contributed by atoms with van der Waals surface area (Å²) in [7, 11) is 0. The summed E-state index contributed by atoms with van der Waals surface area (Å²) < 4.78 is 5.54. The maximum Gasteiger partial charge on any atom is 0.407 e. The quantitative estimate of drug-likeness (QED) is 0.853. The summed E-state index contributed by atoms with van der Waals surface area (Å²) in [5.74, 6) is 0.0670. The fraction of sp³-hybridized carbons (Fsp3) is 0.409. The Morgan fingerprint density at radius 3 is 2.15 bits per heavy atom. The minimum Gasteiger partial charge on any atom is -0.449 e. The Kier molecular flexibility index (Phi) is 4.03. The van der Waals surface area contributed by atoms with Crippen LogP contribution in [0.15, 0.2) is 48.5 Å². The van der Waals surface area contributed by atoms with E-state index < -0.39 is 11.7 Å². The van der Waals surface area contributed by atoms with Gasteiger partial charge in [-0.3, -0.25) is 0 Å². The number of fused-ring (bicyclic) bond motifs is 3. The average molecular weight is 351 g/mol. The molecule has 1 saturated carbocycles. The highest BCUT2D eigenvalue weighted by Crippen LogP contribution is 2.53. The van der Waals surface area contributed by atoms with Crippen LogP contribution in [0.1, 0.15) is 43.7 Å². The molecule has 0 bridgehead atoms. The molecule has 0 atom stereocenters. The molecule has 26 heavy (non-hydrogen) atoms. The van der Waals surface area contributed by atoms with Crippen molar-refractivity contribution in [3.8, 4) is 11.1 Å². The van der Waals surface area contributed by atoms with Crippen LogP contribution in [0.3, 0.4) is 0 Å². The van der Waals surface area contributed by atoms with Crippen molar-refractivity contribution >= 4 is 6.09 Å². The summed E-state index contributed by atoms with van der Waals surface area (Å²) in [6.07, 6.45) is 1.45. The zero-order valence-electron chi connectivity index (χ0n) is 15.3. The molecule has 0 heterocycles. The zero-order chi connectivity index (χ0) is 18.4. The summed E-state index contributed by atoms with van der Waals surface area (Å²) in [6, 6.07) is 16.6. The normalized spacial score (nSPS) is 17.3. The van der Waals surface area contributed by atoms with Gasteiger partial charge in [-0.05, 0) is 48.9 Å². The molecule has 0 unspecified atom stereocenters. The predicted molar refractivity (Wildman–Crippen MR) is 101 cm³/mol. The molecule has 4 heteroatoms. The van der Waals surface area contributed by atoms with Crippen LogP contribution in [0.2, 0.25) is 0 Å². The van der Waals surface area contributed by atoms with Crippen LogP contribution in [-0.4, -0.2) is 30.0 Å². The number of carbonyl (C=O) groups excluding carboxylic acids is 1. The van der Waals surface area contributed by atoms with Crippen molar-refractivity contribution in [2.45, 2.75) is 38.2 Å². The number of hydrogen-bond donors (Lipinski definition) is 2. The van der Waals surface area contributed by atoms with Gasteiger partial charge in [0.05, 0.1) is 5.60 Å². The number of rotatable bonds is 5. The molecular formula is C22H25NO3. The molecule has 4 nitrogen and oxygen atoms in total. The minimum absolute atomic E-state index is 0.0670. The lowest BCUT2D eigenvalue weighted by Gasteiger charge is -2.29. The van der Waals surface area contributed by atoms with E-state index >= 15 is 0 Å². The summed E-state index contributed by atoms with van der Waals surface area (Å²) in [6.45, 7) is 4.38. The van der Waals surface area contributed by atoms with E-state index in [2.05, 4.69) is 29.6 Å². The average Bonchev–Trinajstić information content (AvgIpc) is 3.36. The molecule has 0 aromatic heterocycles. The third-order valence-corrected chi connectivity index (χ3v) is 6.07. The highest BCUT2D eigenvalue weighted by atomic mass is 16.5. The van der Waals surface area contributed by atoms with Gasteiger partial charge >= 0.3 is 6.09 Å². The Labute approximate surface area is 154 Å². The number of hydrogen-bond acceptors (Lipinski definition) is 3. The second kappa shape index (κ2) is 6.13. The van der Waals surface area contributed by atoms with E-state index in [0.717, 1.165) is 12.8 Å². The van der Waals surface area contributed by atoms with E-state index in [1.165, 1.54) is 22.3 Å². The molecule has 136 valence electrons. The lowest BCUT2D eigenvalue weighted by atomic mass is 9.87. The number of benzene rings is 2. The van der Waals surface area contributed by atoms with Crippen LogP contribution in [0.4, 0.5) is 4.79 Å². The summed E-state index contributed by atoms with van der Waals surface area (Å²) in [5.41, 5.74) is 3.85. The van der Waals surface area contributed by atoms with Gasteiger partial charge in [-0.1, -0.05) is 48.5 Å². The smallest absolute Gasteiger partial charge is 0.407 e. The Balaban J connectivity index is 1.41. The second-order valence-electron chi connectivity index (χ2n) is 8.02. The van der Waals surface area contributed by atoms with E-state index in [-0.39, 0.29) is 11.3 Å². The lowest BCUT2D eigenvalue weighted by Crippen LogP contribution is -2.42. The van der Waals surface area contributed by atoms with Gasteiger partial charge in [0, 0.05) is 17.9 Å². The minimum atomic E-state index is -0.788. The molecular weight excluding hydrogens is 326 g/mol.